The van der Waals surface area contributed by atoms with Crippen LogP contribution in [0.5, 0.6) is 0 Å². The van der Waals surface area contributed by atoms with Gasteiger partial charge in [0.15, 0.2) is 0 Å². The van der Waals surface area contributed by atoms with E-state index in [0.29, 0.717) is 12.5 Å². The van der Waals surface area contributed by atoms with Crippen LogP contribution in [0.3, 0.4) is 0 Å². The molecule has 6 nitrogen and oxygen atoms in total. The molecule has 1 aliphatic carbocycles. The van der Waals surface area contributed by atoms with E-state index in [1.807, 2.05) is 4.90 Å². The lowest BCUT2D eigenvalue weighted by Crippen LogP contribution is -2.39. The average molecular weight is 376 g/mol. The molecule has 2 amide bonds. The second kappa shape index (κ2) is 8.06. The Morgan fingerprint density at radius 3 is 2.59 bits per heavy atom. The molecule has 1 saturated heterocycles. The molecule has 1 atom stereocenters. The first-order valence-corrected chi connectivity index (χ1v) is 9.44. The molecule has 2 N–H and O–H groups in total. The summed E-state index contributed by atoms with van der Waals surface area (Å²) in [5.41, 5.74) is 0.332. The highest BCUT2D eigenvalue weighted by Crippen LogP contribution is 2.31. The third-order valence-corrected chi connectivity index (χ3v) is 5.62. The number of carboxylic acid groups (broad SMARTS) is 1. The Morgan fingerprint density at radius 2 is 1.96 bits per heavy atom. The van der Waals surface area contributed by atoms with E-state index >= 15 is 0 Å². The van der Waals surface area contributed by atoms with Crippen molar-refractivity contribution in [1.29, 1.82) is 0 Å². The zero-order valence-electron chi connectivity index (χ0n) is 15.4. The third kappa shape index (κ3) is 4.64. The number of hydrogen-bond acceptors (Lipinski definition) is 3. The number of anilines is 1. The van der Waals surface area contributed by atoms with Crippen LogP contribution >= 0.6 is 0 Å². The molecule has 2 fully saturated rings. The number of benzene rings is 1. The van der Waals surface area contributed by atoms with Crippen molar-refractivity contribution in [3.63, 3.8) is 0 Å². The summed E-state index contributed by atoms with van der Waals surface area (Å²) in [5.74, 6) is -1.84. The van der Waals surface area contributed by atoms with E-state index in [1.54, 1.807) is 0 Å². The van der Waals surface area contributed by atoms with Gasteiger partial charge in [-0.1, -0.05) is 13.0 Å². The maximum absolute atomic E-state index is 14.0. The third-order valence-electron chi connectivity index (χ3n) is 5.62. The average Bonchev–Trinajstić information content (AvgIpc) is 3.00. The Labute approximate surface area is 157 Å². The van der Waals surface area contributed by atoms with Gasteiger partial charge in [-0.25, -0.2) is 4.39 Å². The van der Waals surface area contributed by atoms with Crippen LogP contribution in [-0.2, 0) is 20.8 Å². The van der Waals surface area contributed by atoms with Gasteiger partial charge in [-0.2, -0.15) is 0 Å². The molecule has 2 aliphatic rings. The van der Waals surface area contributed by atoms with Crippen LogP contribution in [0, 0.1) is 17.7 Å². The predicted octanol–water partition coefficient (Wildman–Crippen LogP) is 2.82. The van der Waals surface area contributed by atoms with Gasteiger partial charge in [0.1, 0.15) is 5.82 Å². The first-order valence-electron chi connectivity index (χ1n) is 9.44. The van der Waals surface area contributed by atoms with Crippen molar-refractivity contribution in [1.82, 2.24) is 4.90 Å². The summed E-state index contributed by atoms with van der Waals surface area (Å²) in [4.78, 5) is 37.4. The van der Waals surface area contributed by atoms with Crippen LogP contribution in [0.15, 0.2) is 18.2 Å². The van der Waals surface area contributed by atoms with E-state index in [2.05, 4.69) is 12.2 Å². The fourth-order valence-corrected chi connectivity index (χ4v) is 3.99. The highest BCUT2D eigenvalue weighted by atomic mass is 19.1. The van der Waals surface area contributed by atoms with Crippen molar-refractivity contribution in [3.8, 4) is 0 Å². The van der Waals surface area contributed by atoms with Crippen LogP contribution in [0.2, 0.25) is 0 Å². The molecule has 27 heavy (non-hydrogen) atoms. The number of rotatable bonds is 5. The van der Waals surface area contributed by atoms with Gasteiger partial charge in [0, 0.05) is 24.7 Å². The minimum absolute atomic E-state index is 0.0117. The second-order valence-electron chi connectivity index (χ2n) is 7.73. The fraction of sp³-hybridized carbons (Fsp3) is 0.550. The van der Waals surface area contributed by atoms with E-state index in [4.69, 9.17) is 5.11 Å². The van der Waals surface area contributed by atoms with Crippen molar-refractivity contribution in [3.05, 3.63) is 29.6 Å². The first kappa shape index (κ1) is 19.3. The lowest BCUT2D eigenvalue weighted by Gasteiger charge is -2.33. The number of halogens is 1. The Kier molecular flexibility index (Phi) is 5.77. The Hall–Kier alpha value is -2.44. The summed E-state index contributed by atoms with van der Waals surface area (Å²) in [6, 6.07) is 4.18. The number of amides is 2. The summed E-state index contributed by atoms with van der Waals surface area (Å²) >= 11 is 0. The molecule has 0 aromatic heterocycles. The largest absolute Gasteiger partial charge is 0.481 e. The molecular weight excluding hydrogens is 351 g/mol. The summed E-state index contributed by atoms with van der Waals surface area (Å²) in [6.07, 6.45) is 3.94. The van der Waals surface area contributed by atoms with E-state index < -0.39 is 24.1 Å². The monoisotopic (exact) mass is 376 g/mol. The van der Waals surface area contributed by atoms with E-state index in [-0.39, 0.29) is 35.5 Å². The number of likely N-dealkylation sites (tertiary alicyclic amines) is 1. The smallest absolute Gasteiger partial charge is 0.307 e. The number of carboxylic acids is 1. The number of carbonyl (C=O) groups is 3. The Bertz CT molecular complexity index is 743. The molecule has 1 saturated carbocycles. The van der Waals surface area contributed by atoms with Gasteiger partial charge in [-0.3, -0.25) is 14.4 Å². The van der Waals surface area contributed by atoms with Crippen LogP contribution in [0.4, 0.5) is 10.1 Å². The van der Waals surface area contributed by atoms with E-state index in [1.165, 1.54) is 12.1 Å². The molecule has 7 heteroatoms. The predicted molar refractivity (Wildman–Crippen MR) is 97.6 cm³/mol. The number of nitrogens with one attached hydrogen (secondary N) is 1. The van der Waals surface area contributed by atoms with Gasteiger partial charge in [0.05, 0.1) is 12.3 Å². The van der Waals surface area contributed by atoms with Crippen molar-refractivity contribution < 1.29 is 23.9 Å². The molecule has 0 spiro atoms. The minimum Gasteiger partial charge on any atom is -0.481 e. The molecule has 1 heterocycles. The molecule has 0 bridgehead atoms. The highest BCUT2D eigenvalue weighted by molar-refractivity contribution is 5.97. The van der Waals surface area contributed by atoms with Crippen molar-refractivity contribution in [2.24, 2.45) is 11.8 Å². The number of aliphatic carboxylic acids is 1. The number of hydrogen-bond donors (Lipinski definition) is 2. The van der Waals surface area contributed by atoms with Gasteiger partial charge < -0.3 is 15.3 Å². The first-order chi connectivity index (χ1) is 12.8. The lowest BCUT2D eigenvalue weighted by molar-refractivity contribution is -0.136. The summed E-state index contributed by atoms with van der Waals surface area (Å²) in [6.45, 7) is 2.63. The van der Waals surface area contributed by atoms with Crippen molar-refractivity contribution in [2.45, 2.75) is 51.5 Å². The SMILES string of the molecule is CC1CCC(N2CC(C(=O)Nc3ccc(CC(=O)O)c(F)c3)CC2=O)CC1. The summed E-state index contributed by atoms with van der Waals surface area (Å²) in [7, 11) is 0. The lowest BCUT2D eigenvalue weighted by atomic mass is 9.87. The van der Waals surface area contributed by atoms with Gasteiger partial charge >= 0.3 is 5.97 Å². The normalized spacial score (nSPS) is 25.5. The van der Waals surface area contributed by atoms with Gasteiger partial charge in [0.2, 0.25) is 11.8 Å². The maximum atomic E-state index is 14.0. The number of nitrogens with zero attached hydrogens (tertiary/aromatic N) is 1. The number of carbonyl (C=O) groups excluding carboxylic acids is 2. The quantitative estimate of drug-likeness (QED) is 0.827. The van der Waals surface area contributed by atoms with Crippen LogP contribution in [0.1, 0.15) is 44.6 Å². The molecule has 1 aromatic rings. The van der Waals surface area contributed by atoms with Crippen molar-refractivity contribution >= 4 is 23.5 Å². The molecule has 1 aromatic carbocycles. The van der Waals surface area contributed by atoms with Crippen molar-refractivity contribution in [2.75, 3.05) is 11.9 Å². The van der Waals surface area contributed by atoms with E-state index in [0.717, 1.165) is 31.7 Å². The summed E-state index contributed by atoms with van der Waals surface area (Å²) < 4.78 is 14.0. The molecule has 1 unspecified atom stereocenters. The molecule has 146 valence electrons. The van der Waals surface area contributed by atoms with Crippen LogP contribution in [0.25, 0.3) is 0 Å². The fourth-order valence-electron chi connectivity index (χ4n) is 3.99. The molecular formula is C20H25FN2O4. The Balaban J connectivity index is 1.59. The highest BCUT2D eigenvalue weighted by Gasteiger charge is 2.38. The Morgan fingerprint density at radius 1 is 1.26 bits per heavy atom. The maximum Gasteiger partial charge on any atom is 0.307 e. The molecule has 3 rings (SSSR count). The van der Waals surface area contributed by atoms with E-state index in [9.17, 15) is 18.8 Å². The zero-order chi connectivity index (χ0) is 19.6. The standard InChI is InChI=1S/C20H25FN2O4/c1-12-2-6-16(7-3-12)23-11-14(8-18(23)24)20(27)22-15-5-4-13(9-19(25)26)17(21)10-15/h4-5,10,12,14,16H,2-3,6-9,11H2,1H3,(H,22,27)(H,25,26). The zero-order valence-corrected chi connectivity index (χ0v) is 15.4. The van der Waals surface area contributed by atoms with Crippen LogP contribution < -0.4 is 5.32 Å². The van der Waals surface area contributed by atoms with Gasteiger partial charge in [-0.15, -0.1) is 0 Å². The summed E-state index contributed by atoms with van der Waals surface area (Å²) in [5, 5.41) is 11.4. The van der Waals surface area contributed by atoms with Crippen LogP contribution in [-0.4, -0.2) is 40.4 Å². The van der Waals surface area contributed by atoms with Gasteiger partial charge in [-0.05, 0) is 49.3 Å². The van der Waals surface area contributed by atoms with Gasteiger partial charge in [0.25, 0.3) is 0 Å². The second-order valence-corrected chi connectivity index (χ2v) is 7.73. The molecule has 1 aliphatic heterocycles. The molecule has 0 radical (unpaired) electrons. The topological polar surface area (TPSA) is 86.7 Å². The minimum atomic E-state index is -1.12.